The van der Waals surface area contributed by atoms with Crippen LogP contribution in [0.15, 0.2) is 43.0 Å². The van der Waals surface area contributed by atoms with Gasteiger partial charge in [-0.2, -0.15) is 0 Å². The average molecular weight is 274 g/mol. The Labute approximate surface area is 120 Å². The standard InChI is InChI=1S/C16H22N2O2/c1-3-12-18(14(2)19)13-10-16(20)17-11-9-15-7-5-4-6-8-15/h3-8H,1,9-13H2,2H3,(H,17,20). The molecule has 0 atom stereocenters. The molecular weight excluding hydrogens is 252 g/mol. The van der Waals surface area contributed by atoms with Crippen molar-refractivity contribution in [2.45, 2.75) is 19.8 Å². The van der Waals surface area contributed by atoms with Gasteiger partial charge in [0.2, 0.25) is 11.8 Å². The largest absolute Gasteiger partial charge is 0.356 e. The molecule has 0 bridgehead atoms. The first kappa shape index (κ1) is 16.0. The lowest BCUT2D eigenvalue weighted by Gasteiger charge is -2.18. The van der Waals surface area contributed by atoms with Crippen LogP contribution in [0.4, 0.5) is 0 Å². The molecule has 0 saturated heterocycles. The number of carbonyl (C=O) groups is 2. The van der Waals surface area contributed by atoms with Crippen LogP contribution in [-0.4, -0.2) is 36.3 Å². The molecule has 0 aliphatic carbocycles. The summed E-state index contributed by atoms with van der Waals surface area (Å²) in [6.07, 6.45) is 2.80. The molecular formula is C16H22N2O2. The van der Waals surface area contributed by atoms with Crippen molar-refractivity contribution in [1.29, 1.82) is 0 Å². The summed E-state index contributed by atoms with van der Waals surface area (Å²) in [5, 5.41) is 2.86. The van der Waals surface area contributed by atoms with E-state index in [-0.39, 0.29) is 11.8 Å². The minimum Gasteiger partial charge on any atom is -0.356 e. The van der Waals surface area contributed by atoms with E-state index in [9.17, 15) is 9.59 Å². The van der Waals surface area contributed by atoms with Crippen LogP contribution >= 0.6 is 0 Å². The monoisotopic (exact) mass is 274 g/mol. The van der Waals surface area contributed by atoms with Gasteiger partial charge in [-0.1, -0.05) is 36.4 Å². The Kier molecular flexibility index (Phi) is 7.11. The van der Waals surface area contributed by atoms with Crippen molar-refractivity contribution >= 4 is 11.8 Å². The van der Waals surface area contributed by atoms with E-state index in [1.165, 1.54) is 12.5 Å². The quantitative estimate of drug-likeness (QED) is 0.734. The van der Waals surface area contributed by atoms with Crippen molar-refractivity contribution in [2.75, 3.05) is 19.6 Å². The fraction of sp³-hybridized carbons (Fsp3) is 0.375. The van der Waals surface area contributed by atoms with Crippen molar-refractivity contribution in [2.24, 2.45) is 0 Å². The highest BCUT2D eigenvalue weighted by Crippen LogP contribution is 1.98. The Bertz CT molecular complexity index is 443. The Balaban J connectivity index is 2.23. The molecule has 4 nitrogen and oxygen atoms in total. The molecule has 1 N–H and O–H groups in total. The second-order valence-electron chi connectivity index (χ2n) is 4.59. The van der Waals surface area contributed by atoms with Crippen LogP contribution in [0.3, 0.4) is 0 Å². The topological polar surface area (TPSA) is 49.4 Å². The molecule has 2 amide bonds. The van der Waals surface area contributed by atoms with Gasteiger partial charge in [0.1, 0.15) is 0 Å². The number of amides is 2. The zero-order valence-corrected chi connectivity index (χ0v) is 12.0. The van der Waals surface area contributed by atoms with E-state index in [2.05, 4.69) is 11.9 Å². The third kappa shape index (κ3) is 6.18. The number of nitrogens with zero attached hydrogens (tertiary/aromatic N) is 1. The van der Waals surface area contributed by atoms with Gasteiger partial charge in [0, 0.05) is 33.0 Å². The van der Waals surface area contributed by atoms with Gasteiger partial charge in [-0.05, 0) is 12.0 Å². The molecule has 0 aromatic heterocycles. The number of benzene rings is 1. The first-order chi connectivity index (χ1) is 9.63. The van der Waals surface area contributed by atoms with E-state index in [1.54, 1.807) is 11.0 Å². The summed E-state index contributed by atoms with van der Waals surface area (Å²) in [4.78, 5) is 24.6. The molecule has 20 heavy (non-hydrogen) atoms. The van der Waals surface area contributed by atoms with Gasteiger partial charge in [-0.25, -0.2) is 0 Å². The molecule has 0 radical (unpaired) electrons. The second kappa shape index (κ2) is 8.91. The Hall–Kier alpha value is -2.10. The lowest BCUT2D eigenvalue weighted by atomic mass is 10.1. The summed E-state index contributed by atoms with van der Waals surface area (Å²) in [6, 6.07) is 10.0. The third-order valence-electron chi connectivity index (χ3n) is 2.98. The van der Waals surface area contributed by atoms with Gasteiger partial charge in [0.05, 0.1) is 0 Å². The highest BCUT2D eigenvalue weighted by Gasteiger charge is 2.09. The second-order valence-corrected chi connectivity index (χ2v) is 4.59. The average Bonchev–Trinajstić information content (AvgIpc) is 2.44. The predicted molar refractivity (Wildman–Crippen MR) is 80.2 cm³/mol. The van der Waals surface area contributed by atoms with Crippen LogP contribution in [0, 0.1) is 0 Å². The van der Waals surface area contributed by atoms with Crippen molar-refractivity contribution in [1.82, 2.24) is 10.2 Å². The summed E-state index contributed by atoms with van der Waals surface area (Å²) >= 11 is 0. The lowest BCUT2D eigenvalue weighted by Crippen LogP contribution is -2.34. The Morgan fingerprint density at radius 1 is 1.30 bits per heavy atom. The zero-order valence-electron chi connectivity index (χ0n) is 12.0. The molecule has 0 unspecified atom stereocenters. The summed E-state index contributed by atoms with van der Waals surface area (Å²) in [7, 11) is 0. The van der Waals surface area contributed by atoms with Crippen LogP contribution in [-0.2, 0) is 16.0 Å². The molecule has 108 valence electrons. The molecule has 1 aromatic carbocycles. The van der Waals surface area contributed by atoms with E-state index in [0.29, 0.717) is 26.1 Å². The van der Waals surface area contributed by atoms with Gasteiger partial charge in [0.15, 0.2) is 0 Å². The maximum atomic E-state index is 11.7. The molecule has 0 fully saturated rings. The van der Waals surface area contributed by atoms with Gasteiger partial charge in [-0.15, -0.1) is 6.58 Å². The maximum Gasteiger partial charge on any atom is 0.221 e. The summed E-state index contributed by atoms with van der Waals surface area (Å²) < 4.78 is 0. The lowest BCUT2D eigenvalue weighted by molar-refractivity contribution is -0.129. The van der Waals surface area contributed by atoms with Crippen LogP contribution in [0.1, 0.15) is 18.9 Å². The van der Waals surface area contributed by atoms with E-state index in [1.807, 2.05) is 30.3 Å². The molecule has 0 spiro atoms. The SMILES string of the molecule is C=CCN(CCC(=O)NCCc1ccccc1)C(C)=O. The van der Waals surface area contributed by atoms with Crippen molar-refractivity contribution in [3.05, 3.63) is 48.6 Å². The fourth-order valence-corrected chi connectivity index (χ4v) is 1.85. The molecule has 0 aliphatic rings. The smallest absolute Gasteiger partial charge is 0.221 e. The summed E-state index contributed by atoms with van der Waals surface area (Å²) in [5.74, 6) is -0.0711. The minimum absolute atomic E-state index is 0.0313. The fourth-order valence-electron chi connectivity index (χ4n) is 1.85. The molecule has 0 heterocycles. The minimum atomic E-state index is -0.0398. The van der Waals surface area contributed by atoms with Crippen LogP contribution in [0.2, 0.25) is 0 Å². The summed E-state index contributed by atoms with van der Waals surface area (Å²) in [6.45, 7) is 6.62. The molecule has 0 aliphatic heterocycles. The Morgan fingerprint density at radius 2 is 2.00 bits per heavy atom. The zero-order chi connectivity index (χ0) is 14.8. The van der Waals surface area contributed by atoms with Crippen LogP contribution < -0.4 is 5.32 Å². The third-order valence-corrected chi connectivity index (χ3v) is 2.98. The number of hydrogen-bond donors (Lipinski definition) is 1. The van der Waals surface area contributed by atoms with E-state index >= 15 is 0 Å². The van der Waals surface area contributed by atoms with Crippen molar-refractivity contribution in [3.8, 4) is 0 Å². The van der Waals surface area contributed by atoms with E-state index in [4.69, 9.17) is 0 Å². The van der Waals surface area contributed by atoms with Gasteiger partial charge in [-0.3, -0.25) is 9.59 Å². The summed E-state index contributed by atoms with van der Waals surface area (Å²) in [5.41, 5.74) is 1.20. The first-order valence-electron chi connectivity index (χ1n) is 6.80. The maximum absolute atomic E-state index is 11.7. The Morgan fingerprint density at radius 3 is 2.60 bits per heavy atom. The first-order valence-corrected chi connectivity index (χ1v) is 6.80. The van der Waals surface area contributed by atoms with Gasteiger partial charge < -0.3 is 10.2 Å². The van der Waals surface area contributed by atoms with E-state index < -0.39 is 0 Å². The van der Waals surface area contributed by atoms with Gasteiger partial charge >= 0.3 is 0 Å². The number of carbonyl (C=O) groups excluding carboxylic acids is 2. The molecule has 1 rings (SSSR count). The van der Waals surface area contributed by atoms with Crippen LogP contribution in [0.5, 0.6) is 0 Å². The van der Waals surface area contributed by atoms with Crippen LogP contribution in [0.25, 0.3) is 0 Å². The number of rotatable bonds is 8. The molecule has 0 saturated carbocycles. The highest BCUT2D eigenvalue weighted by molar-refractivity contribution is 5.78. The molecule has 4 heteroatoms. The number of hydrogen-bond acceptors (Lipinski definition) is 2. The van der Waals surface area contributed by atoms with Gasteiger partial charge in [0.25, 0.3) is 0 Å². The predicted octanol–water partition coefficient (Wildman–Crippen LogP) is 1.77. The normalized spacial score (nSPS) is 9.85. The van der Waals surface area contributed by atoms with E-state index in [0.717, 1.165) is 6.42 Å². The van der Waals surface area contributed by atoms with Crippen molar-refractivity contribution < 1.29 is 9.59 Å². The highest BCUT2D eigenvalue weighted by atomic mass is 16.2. The van der Waals surface area contributed by atoms with Crippen molar-refractivity contribution in [3.63, 3.8) is 0 Å². The number of nitrogens with one attached hydrogen (secondary N) is 1. The molecule has 1 aromatic rings.